The Morgan fingerprint density at radius 2 is 2.13 bits per heavy atom. The van der Waals surface area contributed by atoms with Crippen molar-refractivity contribution in [2.75, 3.05) is 18.6 Å². The Labute approximate surface area is 93.7 Å². The van der Waals surface area contributed by atoms with Crippen molar-refractivity contribution in [2.24, 2.45) is 0 Å². The summed E-state index contributed by atoms with van der Waals surface area (Å²) in [6, 6.07) is 0. The number of sulfonamides is 1. The van der Waals surface area contributed by atoms with Crippen molar-refractivity contribution in [3.05, 3.63) is 0 Å². The molecule has 0 unspecified atom stereocenters. The van der Waals surface area contributed by atoms with Gasteiger partial charge in [0.05, 0.1) is 12.2 Å². The summed E-state index contributed by atoms with van der Waals surface area (Å²) in [6.45, 7) is 0.413. The van der Waals surface area contributed by atoms with Crippen LogP contribution in [0.3, 0.4) is 0 Å². The fraction of sp³-hybridized carbons (Fsp3) is 0.875. The number of aliphatic carboxylic acids is 1. The van der Waals surface area contributed by atoms with E-state index in [9.17, 15) is 13.2 Å². The third-order valence-electron chi connectivity index (χ3n) is 2.44. The first-order valence-electron chi connectivity index (χ1n) is 4.63. The van der Waals surface area contributed by atoms with Gasteiger partial charge in [-0.1, -0.05) is 0 Å². The first-order chi connectivity index (χ1) is 6.89. The zero-order chi connectivity index (χ0) is 11.5. The number of carboxylic acid groups (broad SMARTS) is 1. The Bertz CT molecular complexity index is 335. The average Bonchev–Trinajstić information content (AvgIpc) is 2.93. The van der Waals surface area contributed by atoms with E-state index in [-0.39, 0.29) is 16.9 Å². The number of thioether (sulfide) groups is 1. The van der Waals surface area contributed by atoms with Crippen LogP contribution in [-0.2, 0) is 14.8 Å². The van der Waals surface area contributed by atoms with E-state index in [1.165, 1.54) is 0 Å². The number of carboxylic acids is 1. The molecular formula is C8H15NO4S2. The van der Waals surface area contributed by atoms with Crippen molar-refractivity contribution < 1.29 is 18.3 Å². The van der Waals surface area contributed by atoms with E-state index in [1.54, 1.807) is 11.8 Å². The van der Waals surface area contributed by atoms with Crippen molar-refractivity contribution in [3.8, 4) is 0 Å². The second kappa shape index (κ2) is 4.71. The summed E-state index contributed by atoms with van der Waals surface area (Å²) < 4.78 is 25.2. The van der Waals surface area contributed by atoms with Gasteiger partial charge in [0.2, 0.25) is 10.0 Å². The molecule has 0 saturated heterocycles. The molecule has 1 saturated carbocycles. The summed E-state index contributed by atoms with van der Waals surface area (Å²) in [6.07, 6.45) is 3.66. The van der Waals surface area contributed by atoms with Gasteiger partial charge < -0.3 is 5.11 Å². The number of rotatable bonds is 7. The normalized spacial score (nSPS) is 18.7. The lowest BCUT2D eigenvalue weighted by atomic mass is 10.4. The van der Waals surface area contributed by atoms with Gasteiger partial charge in [0.25, 0.3) is 0 Å². The highest BCUT2D eigenvalue weighted by atomic mass is 32.2. The molecule has 0 aromatic heterocycles. The molecule has 0 aromatic carbocycles. The van der Waals surface area contributed by atoms with Crippen LogP contribution in [0.4, 0.5) is 0 Å². The number of hydrogen-bond donors (Lipinski definition) is 2. The lowest BCUT2D eigenvalue weighted by Crippen LogP contribution is -2.34. The SMILES string of the molecule is CSC1(CNS(=O)(=O)CCC(=O)O)CC1. The first kappa shape index (κ1) is 12.8. The second-order valence-corrected chi connectivity index (χ2v) is 6.87. The first-order valence-corrected chi connectivity index (χ1v) is 7.51. The maximum Gasteiger partial charge on any atom is 0.304 e. The van der Waals surface area contributed by atoms with Crippen LogP contribution in [0.25, 0.3) is 0 Å². The van der Waals surface area contributed by atoms with Crippen LogP contribution < -0.4 is 4.72 Å². The molecule has 1 rings (SSSR count). The number of nitrogens with one attached hydrogen (secondary N) is 1. The summed E-state index contributed by atoms with van der Waals surface area (Å²) in [4.78, 5) is 10.2. The van der Waals surface area contributed by atoms with Crippen LogP contribution in [0.5, 0.6) is 0 Å². The molecule has 0 aromatic rings. The van der Waals surface area contributed by atoms with Gasteiger partial charge >= 0.3 is 5.97 Å². The number of carbonyl (C=O) groups is 1. The molecule has 2 N–H and O–H groups in total. The van der Waals surface area contributed by atoms with Crippen molar-refractivity contribution in [2.45, 2.75) is 24.0 Å². The zero-order valence-corrected chi connectivity index (χ0v) is 10.2. The molecule has 88 valence electrons. The van der Waals surface area contributed by atoms with Crippen LogP contribution in [0.1, 0.15) is 19.3 Å². The average molecular weight is 253 g/mol. The molecule has 0 bridgehead atoms. The summed E-state index contributed by atoms with van der Waals surface area (Å²) in [5.41, 5.74) is 0. The largest absolute Gasteiger partial charge is 0.481 e. The van der Waals surface area contributed by atoms with Gasteiger partial charge in [0, 0.05) is 11.3 Å². The molecule has 15 heavy (non-hydrogen) atoms. The van der Waals surface area contributed by atoms with Crippen LogP contribution >= 0.6 is 11.8 Å². The quantitative estimate of drug-likeness (QED) is 0.680. The van der Waals surface area contributed by atoms with E-state index in [2.05, 4.69) is 4.72 Å². The summed E-state index contributed by atoms with van der Waals surface area (Å²) >= 11 is 1.66. The molecule has 0 spiro atoms. The molecule has 0 atom stereocenters. The zero-order valence-electron chi connectivity index (χ0n) is 8.52. The number of hydrogen-bond acceptors (Lipinski definition) is 4. The lowest BCUT2D eigenvalue weighted by Gasteiger charge is -2.12. The standard InChI is InChI=1S/C8H15NO4S2/c1-14-8(3-4-8)6-9-15(12,13)5-2-7(10)11/h9H,2-6H2,1H3,(H,10,11). The molecule has 0 amide bonds. The predicted octanol–water partition coefficient (Wildman–Crippen LogP) is 0.276. The van der Waals surface area contributed by atoms with E-state index in [4.69, 9.17) is 5.11 Å². The van der Waals surface area contributed by atoms with E-state index in [0.29, 0.717) is 6.54 Å². The van der Waals surface area contributed by atoms with Crippen molar-refractivity contribution in [1.82, 2.24) is 4.72 Å². The molecule has 1 fully saturated rings. The molecule has 1 aliphatic carbocycles. The molecule has 0 radical (unpaired) electrons. The Balaban J connectivity index is 2.33. The van der Waals surface area contributed by atoms with Gasteiger partial charge in [-0.2, -0.15) is 11.8 Å². The van der Waals surface area contributed by atoms with Crippen molar-refractivity contribution in [1.29, 1.82) is 0 Å². The molecule has 5 nitrogen and oxygen atoms in total. The molecule has 0 heterocycles. The lowest BCUT2D eigenvalue weighted by molar-refractivity contribution is -0.136. The van der Waals surface area contributed by atoms with E-state index in [0.717, 1.165) is 12.8 Å². The summed E-state index contributed by atoms with van der Waals surface area (Å²) in [5, 5.41) is 8.37. The molecule has 1 aliphatic rings. The Morgan fingerprint density at radius 3 is 2.53 bits per heavy atom. The third kappa shape index (κ3) is 4.40. The molecular weight excluding hydrogens is 238 g/mol. The Kier molecular flexibility index (Phi) is 4.02. The maximum absolute atomic E-state index is 11.3. The van der Waals surface area contributed by atoms with Gasteiger partial charge in [-0.3, -0.25) is 4.79 Å². The Hall–Kier alpha value is -0.270. The second-order valence-electron chi connectivity index (χ2n) is 3.67. The van der Waals surface area contributed by atoms with Crippen molar-refractivity contribution >= 4 is 27.8 Å². The molecule has 0 aliphatic heterocycles. The van der Waals surface area contributed by atoms with Gasteiger partial charge in [0.1, 0.15) is 0 Å². The summed E-state index contributed by atoms with van der Waals surface area (Å²) in [5.74, 6) is -1.43. The van der Waals surface area contributed by atoms with E-state index < -0.39 is 16.0 Å². The monoisotopic (exact) mass is 253 g/mol. The smallest absolute Gasteiger partial charge is 0.304 e. The minimum atomic E-state index is -3.42. The van der Waals surface area contributed by atoms with Gasteiger partial charge in [-0.25, -0.2) is 13.1 Å². The third-order valence-corrected chi connectivity index (χ3v) is 5.18. The highest BCUT2D eigenvalue weighted by Crippen LogP contribution is 2.46. The van der Waals surface area contributed by atoms with Gasteiger partial charge in [0.15, 0.2) is 0 Å². The van der Waals surface area contributed by atoms with E-state index in [1.807, 2.05) is 6.26 Å². The molecule has 7 heteroatoms. The van der Waals surface area contributed by atoms with Crippen LogP contribution in [-0.4, -0.2) is 42.8 Å². The fourth-order valence-electron chi connectivity index (χ4n) is 1.13. The maximum atomic E-state index is 11.3. The highest BCUT2D eigenvalue weighted by Gasteiger charge is 2.42. The summed E-state index contributed by atoms with van der Waals surface area (Å²) in [7, 11) is -3.42. The van der Waals surface area contributed by atoms with Crippen LogP contribution in [0, 0.1) is 0 Å². The fourth-order valence-corrected chi connectivity index (χ4v) is 3.03. The topological polar surface area (TPSA) is 83.5 Å². The van der Waals surface area contributed by atoms with Crippen molar-refractivity contribution in [3.63, 3.8) is 0 Å². The minimum absolute atomic E-state index is 0.0658. The van der Waals surface area contributed by atoms with Gasteiger partial charge in [-0.15, -0.1) is 0 Å². The highest BCUT2D eigenvalue weighted by molar-refractivity contribution is 8.00. The Morgan fingerprint density at radius 1 is 1.53 bits per heavy atom. The predicted molar refractivity (Wildman–Crippen MR) is 59.5 cm³/mol. The van der Waals surface area contributed by atoms with Gasteiger partial charge in [-0.05, 0) is 19.1 Å². The van der Waals surface area contributed by atoms with E-state index >= 15 is 0 Å². The van der Waals surface area contributed by atoms with Crippen LogP contribution in [0.2, 0.25) is 0 Å². The van der Waals surface area contributed by atoms with Crippen LogP contribution in [0.15, 0.2) is 0 Å². The minimum Gasteiger partial charge on any atom is -0.481 e.